The van der Waals surface area contributed by atoms with Crippen LogP contribution in [-0.4, -0.2) is 59.0 Å². The Bertz CT molecular complexity index is 961. The van der Waals surface area contributed by atoms with Gasteiger partial charge in [0.2, 0.25) is 5.91 Å². The molecular weight excluding hydrogens is 699 g/mol. The van der Waals surface area contributed by atoms with Crippen LogP contribution in [0.1, 0.15) is 200 Å². The Hall–Kier alpha value is -1.32. The van der Waals surface area contributed by atoms with Crippen molar-refractivity contribution < 1.29 is 33.5 Å². The van der Waals surface area contributed by atoms with Crippen LogP contribution in [0.5, 0.6) is 0 Å². The highest BCUT2D eigenvalue weighted by atomic mass is 31.2. The number of carbonyl (C=O) groups excluding carboxylic acids is 1. The molecule has 6 N–H and O–H groups in total. The number of phosphoric ester groups is 1. The SMILES string of the molecule is CCCCCCCCCCCCC/C=C/CC/C=C/CC/C=C/C(O)C(COP(=O)(O)OCCN)NC(=O)CC(O)CCCCCCCCCCCCC. The second-order valence-electron chi connectivity index (χ2n) is 15.1. The van der Waals surface area contributed by atoms with Gasteiger partial charge in [-0.3, -0.25) is 13.8 Å². The van der Waals surface area contributed by atoms with Gasteiger partial charge in [0.25, 0.3) is 0 Å². The molecule has 54 heavy (non-hydrogen) atoms. The number of amides is 1. The lowest BCUT2D eigenvalue weighted by molar-refractivity contribution is -0.124. The summed E-state index contributed by atoms with van der Waals surface area (Å²) in [5, 5.41) is 24.0. The lowest BCUT2D eigenvalue weighted by Crippen LogP contribution is -2.46. The average Bonchev–Trinajstić information content (AvgIpc) is 3.15. The molecule has 0 bridgehead atoms. The zero-order valence-electron chi connectivity index (χ0n) is 34.8. The lowest BCUT2D eigenvalue weighted by atomic mass is 10.0. The Morgan fingerprint density at radius 3 is 1.54 bits per heavy atom. The van der Waals surface area contributed by atoms with Crippen molar-refractivity contribution in [3.05, 3.63) is 36.5 Å². The molecule has 318 valence electrons. The number of nitrogens with two attached hydrogens (primary N) is 1. The Labute approximate surface area is 332 Å². The summed E-state index contributed by atoms with van der Waals surface area (Å²) in [5.74, 6) is -0.460. The van der Waals surface area contributed by atoms with Gasteiger partial charge in [0.1, 0.15) is 0 Å². The quantitative estimate of drug-likeness (QED) is 0.0233. The molecule has 0 radical (unpaired) electrons. The van der Waals surface area contributed by atoms with Crippen molar-refractivity contribution in [2.45, 2.75) is 218 Å². The maximum Gasteiger partial charge on any atom is 0.472 e. The first-order valence-corrected chi connectivity index (χ1v) is 23.7. The summed E-state index contributed by atoms with van der Waals surface area (Å²) in [6.45, 7) is 3.93. The van der Waals surface area contributed by atoms with Crippen molar-refractivity contribution in [2.24, 2.45) is 5.73 Å². The molecule has 9 nitrogen and oxygen atoms in total. The zero-order valence-corrected chi connectivity index (χ0v) is 35.7. The summed E-state index contributed by atoms with van der Waals surface area (Å²) in [6.07, 6.45) is 43.8. The van der Waals surface area contributed by atoms with Crippen LogP contribution in [0, 0.1) is 0 Å². The normalized spacial score (nSPS) is 15.0. The fourth-order valence-corrected chi connectivity index (χ4v) is 7.14. The molecule has 0 heterocycles. The Balaban J connectivity index is 4.37. The number of phosphoric acid groups is 1. The van der Waals surface area contributed by atoms with Gasteiger partial charge in [-0.15, -0.1) is 0 Å². The highest BCUT2D eigenvalue weighted by molar-refractivity contribution is 7.47. The maximum absolute atomic E-state index is 12.8. The van der Waals surface area contributed by atoms with E-state index in [2.05, 4.69) is 43.5 Å². The third kappa shape index (κ3) is 37.6. The van der Waals surface area contributed by atoms with Crippen LogP contribution in [-0.2, 0) is 18.4 Å². The lowest BCUT2D eigenvalue weighted by Gasteiger charge is -2.24. The number of aliphatic hydroxyl groups is 2. The Kier molecular flexibility index (Phi) is 38.9. The van der Waals surface area contributed by atoms with Gasteiger partial charge >= 0.3 is 7.82 Å². The summed E-state index contributed by atoms with van der Waals surface area (Å²) < 4.78 is 22.0. The largest absolute Gasteiger partial charge is 0.472 e. The molecule has 0 aromatic heterocycles. The zero-order chi connectivity index (χ0) is 39.8. The van der Waals surface area contributed by atoms with Crippen molar-refractivity contribution in [3.63, 3.8) is 0 Å². The minimum Gasteiger partial charge on any atom is -0.393 e. The van der Waals surface area contributed by atoms with Crippen molar-refractivity contribution in [2.75, 3.05) is 19.8 Å². The molecule has 0 rings (SSSR count). The van der Waals surface area contributed by atoms with Crippen LogP contribution >= 0.6 is 7.82 Å². The van der Waals surface area contributed by atoms with E-state index in [4.69, 9.17) is 14.8 Å². The number of rotatable bonds is 41. The molecule has 0 aliphatic heterocycles. The van der Waals surface area contributed by atoms with Crippen LogP contribution < -0.4 is 11.1 Å². The summed E-state index contributed by atoms with van der Waals surface area (Å²) in [5.41, 5.74) is 5.36. The number of hydrogen-bond donors (Lipinski definition) is 5. The molecule has 0 aliphatic rings. The van der Waals surface area contributed by atoms with Gasteiger partial charge in [0.15, 0.2) is 0 Å². The Morgan fingerprint density at radius 2 is 1.06 bits per heavy atom. The number of allylic oxidation sites excluding steroid dienone is 5. The first kappa shape index (κ1) is 52.7. The van der Waals surface area contributed by atoms with Gasteiger partial charge in [-0.1, -0.05) is 185 Å². The second kappa shape index (κ2) is 39.9. The highest BCUT2D eigenvalue weighted by Crippen LogP contribution is 2.43. The topological polar surface area (TPSA) is 151 Å². The molecule has 0 saturated carbocycles. The number of aliphatic hydroxyl groups excluding tert-OH is 2. The van der Waals surface area contributed by atoms with Gasteiger partial charge < -0.3 is 26.2 Å². The van der Waals surface area contributed by atoms with E-state index in [0.29, 0.717) is 12.8 Å². The van der Waals surface area contributed by atoms with Crippen LogP contribution in [0.25, 0.3) is 0 Å². The molecule has 4 atom stereocenters. The van der Waals surface area contributed by atoms with E-state index in [9.17, 15) is 24.5 Å². The third-order valence-electron chi connectivity index (χ3n) is 9.75. The van der Waals surface area contributed by atoms with E-state index >= 15 is 0 Å². The molecule has 1 amide bonds. The first-order chi connectivity index (χ1) is 26.3. The van der Waals surface area contributed by atoms with Crippen LogP contribution in [0.15, 0.2) is 36.5 Å². The minimum absolute atomic E-state index is 0.0427. The van der Waals surface area contributed by atoms with E-state index in [1.165, 1.54) is 122 Å². The van der Waals surface area contributed by atoms with E-state index in [1.54, 1.807) is 6.08 Å². The number of nitrogens with one attached hydrogen (secondary N) is 1. The molecule has 10 heteroatoms. The van der Waals surface area contributed by atoms with E-state index in [1.807, 2.05) is 6.08 Å². The predicted molar refractivity (Wildman–Crippen MR) is 227 cm³/mol. The van der Waals surface area contributed by atoms with E-state index in [-0.39, 0.29) is 19.6 Å². The first-order valence-electron chi connectivity index (χ1n) is 22.2. The molecular formula is C44H85N2O7P. The van der Waals surface area contributed by atoms with Gasteiger partial charge in [0.05, 0.1) is 37.9 Å². The molecule has 0 aliphatic carbocycles. The van der Waals surface area contributed by atoms with E-state index < -0.39 is 38.6 Å². The van der Waals surface area contributed by atoms with Crippen molar-refractivity contribution in [1.29, 1.82) is 0 Å². The molecule has 0 aromatic carbocycles. The fraction of sp³-hybridized carbons (Fsp3) is 0.841. The van der Waals surface area contributed by atoms with Crippen molar-refractivity contribution in [1.82, 2.24) is 5.32 Å². The molecule has 0 fully saturated rings. The predicted octanol–water partition coefficient (Wildman–Crippen LogP) is 11.3. The number of unbranched alkanes of at least 4 members (excludes halogenated alkanes) is 23. The van der Waals surface area contributed by atoms with Crippen LogP contribution in [0.3, 0.4) is 0 Å². The molecule has 0 aromatic rings. The monoisotopic (exact) mass is 785 g/mol. The number of hydrogen-bond acceptors (Lipinski definition) is 7. The summed E-state index contributed by atoms with van der Waals surface area (Å²) in [6, 6.07) is -1.00. The minimum atomic E-state index is -4.41. The van der Waals surface area contributed by atoms with Crippen molar-refractivity contribution >= 4 is 13.7 Å². The smallest absolute Gasteiger partial charge is 0.393 e. The van der Waals surface area contributed by atoms with Gasteiger partial charge in [-0.25, -0.2) is 4.57 Å². The van der Waals surface area contributed by atoms with Crippen LogP contribution in [0.2, 0.25) is 0 Å². The van der Waals surface area contributed by atoms with E-state index in [0.717, 1.165) is 44.9 Å². The molecule has 4 unspecified atom stereocenters. The molecule has 0 saturated heterocycles. The molecule has 0 spiro atoms. The third-order valence-corrected chi connectivity index (χ3v) is 10.7. The number of carbonyl (C=O) groups is 1. The summed E-state index contributed by atoms with van der Waals surface area (Å²) >= 11 is 0. The average molecular weight is 785 g/mol. The van der Waals surface area contributed by atoms with Gasteiger partial charge in [-0.2, -0.15) is 0 Å². The summed E-state index contributed by atoms with van der Waals surface area (Å²) in [7, 11) is -4.41. The second-order valence-corrected chi connectivity index (χ2v) is 16.5. The van der Waals surface area contributed by atoms with Gasteiger partial charge in [0, 0.05) is 6.54 Å². The summed E-state index contributed by atoms with van der Waals surface area (Å²) in [4.78, 5) is 22.7. The fourth-order valence-electron chi connectivity index (χ4n) is 6.38. The standard InChI is InChI=1S/C44H85N2O7P/c1-3-5-7-9-11-13-15-16-17-18-19-20-21-22-23-24-26-28-30-32-34-36-43(48)42(40-53-54(50,51)52-38-37-45)46-44(49)39-41(47)35-33-31-29-27-25-14-12-10-8-6-4-2/h21-22,26,28,34,36,41-43,47-48H,3-20,23-25,27,29-33,35,37-40,45H2,1-2H3,(H,46,49)(H,50,51)/b22-21+,28-26+,36-34+. The van der Waals surface area contributed by atoms with Crippen molar-refractivity contribution in [3.8, 4) is 0 Å². The maximum atomic E-state index is 12.8. The van der Waals surface area contributed by atoms with Gasteiger partial charge in [-0.05, 0) is 44.9 Å². The highest BCUT2D eigenvalue weighted by Gasteiger charge is 2.27. The van der Waals surface area contributed by atoms with Crippen LogP contribution in [0.4, 0.5) is 0 Å². The Morgan fingerprint density at radius 1 is 0.630 bits per heavy atom.